The Balaban J connectivity index is 1.98. The van der Waals surface area contributed by atoms with Gasteiger partial charge in [0.25, 0.3) is 5.69 Å². The van der Waals surface area contributed by atoms with Crippen LogP contribution in [0.25, 0.3) is 16.8 Å². The second kappa shape index (κ2) is 5.00. The van der Waals surface area contributed by atoms with Gasteiger partial charge >= 0.3 is 0 Å². The first-order chi connectivity index (χ1) is 11.5. The summed E-state index contributed by atoms with van der Waals surface area (Å²) in [6.45, 7) is 1.77. The van der Waals surface area contributed by atoms with E-state index in [2.05, 4.69) is 4.98 Å². The molecule has 0 fully saturated rings. The Morgan fingerprint density at radius 1 is 1.29 bits per heavy atom. The molecule has 0 N–H and O–H groups in total. The molecule has 3 heterocycles. The molecular weight excluding hydrogens is 328 g/mol. The van der Waals surface area contributed by atoms with Gasteiger partial charge in [0, 0.05) is 13.1 Å². The maximum absolute atomic E-state index is 12.9. The average molecular weight is 340 g/mol. The van der Waals surface area contributed by atoms with E-state index in [1.165, 1.54) is 11.4 Å². The van der Waals surface area contributed by atoms with Gasteiger partial charge in [0.15, 0.2) is 0 Å². The predicted octanol–water partition coefficient (Wildman–Crippen LogP) is 3.34. The molecule has 0 bridgehead atoms. The number of thiophene rings is 1. The minimum Gasteiger partial charge on any atom is -0.313 e. The predicted molar refractivity (Wildman–Crippen MR) is 90.8 cm³/mol. The summed E-state index contributed by atoms with van der Waals surface area (Å²) in [7, 11) is 1.90. The van der Waals surface area contributed by atoms with Gasteiger partial charge < -0.3 is 4.57 Å². The van der Waals surface area contributed by atoms with Gasteiger partial charge in [0.1, 0.15) is 5.69 Å². The van der Waals surface area contributed by atoms with Gasteiger partial charge in [-0.2, -0.15) is 0 Å². The van der Waals surface area contributed by atoms with Gasteiger partial charge in [0.05, 0.1) is 31.9 Å². The first kappa shape index (κ1) is 14.6. The highest BCUT2D eigenvalue weighted by Crippen LogP contribution is 2.28. The number of fused-ring (bicyclic) bond motifs is 3. The van der Waals surface area contributed by atoms with Crippen molar-refractivity contribution in [3.8, 4) is 0 Å². The number of aryl methyl sites for hydroxylation is 2. The third-order valence-electron chi connectivity index (χ3n) is 4.05. The van der Waals surface area contributed by atoms with E-state index in [0.717, 1.165) is 22.4 Å². The molecule has 0 aliphatic heterocycles. The monoisotopic (exact) mass is 340 g/mol. The maximum atomic E-state index is 12.9. The van der Waals surface area contributed by atoms with Crippen molar-refractivity contribution >= 4 is 39.6 Å². The van der Waals surface area contributed by atoms with Crippen LogP contribution in [0.1, 0.15) is 21.1 Å². The lowest BCUT2D eigenvalue weighted by molar-refractivity contribution is -0.384. The second-order valence-electron chi connectivity index (χ2n) is 5.48. The summed E-state index contributed by atoms with van der Waals surface area (Å²) in [6, 6.07) is 9.04. The summed E-state index contributed by atoms with van der Waals surface area (Å²) in [5, 5.41) is 12.2. The molecule has 0 saturated carbocycles. The van der Waals surface area contributed by atoms with Crippen LogP contribution >= 0.6 is 11.3 Å². The van der Waals surface area contributed by atoms with Gasteiger partial charge in [-0.15, -0.1) is 11.3 Å². The molecule has 4 rings (SSSR count). The molecule has 0 aliphatic rings. The van der Waals surface area contributed by atoms with Crippen LogP contribution < -0.4 is 0 Å². The summed E-state index contributed by atoms with van der Waals surface area (Å²) in [5.74, 6) is 0.414. The van der Waals surface area contributed by atoms with Crippen LogP contribution in [0.15, 0.2) is 35.7 Å². The Hall–Kier alpha value is -3.00. The van der Waals surface area contributed by atoms with E-state index in [-0.39, 0.29) is 11.5 Å². The first-order valence-electron chi connectivity index (χ1n) is 7.19. The molecule has 4 aromatic rings. The molecule has 0 saturated heterocycles. The number of benzene rings is 1. The maximum Gasteiger partial charge on any atom is 0.280 e. The van der Waals surface area contributed by atoms with E-state index in [0.29, 0.717) is 22.0 Å². The van der Waals surface area contributed by atoms with E-state index < -0.39 is 4.92 Å². The van der Waals surface area contributed by atoms with E-state index in [1.807, 2.05) is 40.3 Å². The highest BCUT2D eigenvalue weighted by molar-refractivity contribution is 7.12. The fraction of sp³-hybridized carbons (Fsp3) is 0.125. The van der Waals surface area contributed by atoms with Crippen LogP contribution in [0.4, 0.5) is 5.69 Å². The molecule has 0 aliphatic carbocycles. The van der Waals surface area contributed by atoms with Gasteiger partial charge in [-0.25, -0.2) is 4.98 Å². The summed E-state index contributed by atoms with van der Waals surface area (Å²) in [4.78, 5) is 28.2. The van der Waals surface area contributed by atoms with Crippen molar-refractivity contribution in [2.24, 2.45) is 7.05 Å². The van der Waals surface area contributed by atoms with Crippen LogP contribution in [0.3, 0.4) is 0 Å². The van der Waals surface area contributed by atoms with Crippen molar-refractivity contribution in [3.05, 3.63) is 62.1 Å². The van der Waals surface area contributed by atoms with Gasteiger partial charge in [-0.1, -0.05) is 12.1 Å². The fourth-order valence-electron chi connectivity index (χ4n) is 2.94. The molecule has 24 heavy (non-hydrogen) atoms. The highest BCUT2D eigenvalue weighted by atomic mass is 32.1. The number of para-hydroxylation sites is 2. The van der Waals surface area contributed by atoms with Crippen molar-refractivity contribution in [1.29, 1.82) is 0 Å². The number of carbonyl (C=O) groups is 1. The SMILES string of the molecule is Cc1nc2n(C)c3ccccc3n2c1C(=O)c1cc([N+](=O)[O-])cs1. The second-order valence-corrected chi connectivity index (χ2v) is 6.40. The lowest BCUT2D eigenvalue weighted by atomic mass is 10.2. The molecule has 0 unspecified atom stereocenters. The topological polar surface area (TPSA) is 82.4 Å². The van der Waals surface area contributed by atoms with Crippen molar-refractivity contribution in [2.75, 3.05) is 0 Å². The Morgan fingerprint density at radius 3 is 2.67 bits per heavy atom. The van der Waals surface area contributed by atoms with E-state index in [4.69, 9.17) is 0 Å². The highest BCUT2D eigenvalue weighted by Gasteiger charge is 2.25. The minimum atomic E-state index is -0.496. The van der Waals surface area contributed by atoms with Gasteiger partial charge in [0.2, 0.25) is 11.6 Å². The molecule has 120 valence electrons. The zero-order chi connectivity index (χ0) is 17.0. The fourth-order valence-corrected chi connectivity index (χ4v) is 3.73. The molecule has 0 atom stereocenters. The van der Waals surface area contributed by atoms with Crippen molar-refractivity contribution in [3.63, 3.8) is 0 Å². The number of aromatic nitrogens is 3. The van der Waals surface area contributed by atoms with Gasteiger partial charge in [-0.05, 0) is 19.1 Å². The molecule has 0 spiro atoms. The van der Waals surface area contributed by atoms with Gasteiger partial charge in [-0.3, -0.25) is 19.3 Å². The average Bonchev–Trinajstić information content (AvgIpc) is 3.23. The zero-order valence-electron chi connectivity index (χ0n) is 12.9. The Morgan fingerprint density at radius 2 is 2.00 bits per heavy atom. The van der Waals surface area contributed by atoms with Crippen LogP contribution in [-0.2, 0) is 7.05 Å². The van der Waals surface area contributed by atoms with Crippen LogP contribution in [0.5, 0.6) is 0 Å². The van der Waals surface area contributed by atoms with E-state index >= 15 is 0 Å². The molecule has 1 aromatic carbocycles. The van der Waals surface area contributed by atoms with E-state index in [1.54, 1.807) is 6.92 Å². The Labute approximate surface area is 139 Å². The lowest BCUT2D eigenvalue weighted by Crippen LogP contribution is -2.05. The summed E-state index contributed by atoms with van der Waals surface area (Å²) < 4.78 is 3.74. The molecule has 0 amide bonds. The molecule has 7 nitrogen and oxygen atoms in total. The summed E-state index contributed by atoms with van der Waals surface area (Å²) >= 11 is 1.07. The van der Waals surface area contributed by atoms with Crippen LogP contribution in [0, 0.1) is 17.0 Å². The largest absolute Gasteiger partial charge is 0.313 e. The van der Waals surface area contributed by atoms with Crippen LogP contribution in [-0.4, -0.2) is 24.7 Å². The van der Waals surface area contributed by atoms with Crippen molar-refractivity contribution in [1.82, 2.24) is 14.0 Å². The molecular formula is C16H12N4O3S. The molecule has 3 aromatic heterocycles. The normalized spacial score (nSPS) is 11.4. The van der Waals surface area contributed by atoms with Crippen molar-refractivity contribution < 1.29 is 9.72 Å². The number of hydrogen-bond acceptors (Lipinski definition) is 5. The number of nitrogens with zero attached hydrogens (tertiary/aromatic N) is 4. The zero-order valence-corrected chi connectivity index (χ0v) is 13.7. The smallest absolute Gasteiger partial charge is 0.280 e. The summed E-state index contributed by atoms with van der Waals surface area (Å²) in [6.07, 6.45) is 0. The third-order valence-corrected chi connectivity index (χ3v) is 4.97. The number of rotatable bonds is 3. The molecule has 8 heteroatoms. The Bertz CT molecular complexity index is 1140. The number of carbonyl (C=O) groups excluding carboxylic acids is 1. The number of ketones is 1. The summed E-state index contributed by atoms with van der Waals surface area (Å²) in [5.41, 5.74) is 2.82. The van der Waals surface area contributed by atoms with Crippen molar-refractivity contribution in [2.45, 2.75) is 6.92 Å². The third kappa shape index (κ3) is 1.89. The van der Waals surface area contributed by atoms with E-state index in [9.17, 15) is 14.9 Å². The lowest BCUT2D eigenvalue weighted by Gasteiger charge is -1.99. The number of hydrogen-bond donors (Lipinski definition) is 0. The Kier molecular flexibility index (Phi) is 3.04. The number of imidazole rings is 2. The first-order valence-corrected chi connectivity index (χ1v) is 8.07. The molecule has 0 radical (unpaired) electrons. The standard InChI is InChI=1S/C16H12N4O3S/c1-9-14(15(21)13-7-10(8-24-13)20(22)23)19-12-6-4-3-5-11(12)18(2)16(19)17-9/h3-8H,1-2H3. The number of nitro groups is 1. The minimum absolute atomic E-state index is 0.0697. The van der Waals surface area contributed by atoms with Crippen LogP contribution in [0.2, 0.25) is 0 Å². The quantitative estimate of drug-likeness (QED) is 0.325.